The molecular weight excluding hydrogens is 201 g/mol. The topological polar surface area (TPSA) is 3.24 Å². The highest BCUT2D eigenvalue weighted by Gasteiger charge is 2.33. The van der Waals surface area contributed by atoms with Crippen LogP contribution in [-0.2, 0) is 0 Å². The third-order valence-corrected chi connectivity index (χ3v) is 3.89. The Balaban J connectivity index is 2.13. The Kier molecular flexibility index (Phi) is 3.29. The second-order valence-corrected chi connectivity index (χ2v) is 5.22. The summed E-state index contributed by atoms with van der Waals surface area (Å²) in [6.45, 7) is 2.30. The molecular formula is C14H20FN. The maximum atomic E-state index is 12.9. The first-order valence-electron chi connectivity index (χ1n) is 6.00. The van der Waals surface area contributed by atoms with E-state index in [-0.39, 0.29) is 5.82 Å². The molecule has 0 saturated heterocycles. The molecule has 0 heterocycles. The normalized spacial score (nSPS) is 29.9. The lowest BCUT2D eigenvalue weighted by atomic mass is 9.90. The van der Waals surface area contributed by atoms with E-state index in [9.17, 15) is 4.39 Å². The minimum Gasteiger partial charge on any atom is -0.306 e. The van der Waals surface area contributed by atoms with Crippen molar-refractivity contribution in [3.63, 3.8) is 0 Å². The third-order valence-electron chi connectivity index (χ3n) is 3.89. The van der Waals surface area contributed by atoms with Gasteiger partial charge in [-0.1, -0.05) is 19.1 Å². The number of rotatable bonds is 2. The van der Waals surface area contributed by atoms with Crippen molar-refractivity contribution in [2.45, 2.75) is 31.7 Å². The molecule has 0 aliphatic heterocycles. The average molecular weight is 221 g/mol. The number of hydrogen-bond donors (Lipinski definition) is 0. The second-order valence-electron chi connectivity index (χ2n) is 5.22. The van der Waals surface area contributed by atoms with Gasteiger partial charge in [0.2, 0.25) is 0 Å². The van der Waals surface area contributed by atoms with Crippen LogP contribution in [0.15, 0.2) is 24.3 Å². The van der Waals surface area contributed by atoms with E-state index in [4.69, 9.17) is 0 Å². The standard InChI is InChI=1S/C14H20FN/c1-10-8-13(16(2)3)9-14(10)11-4-6-12(15)7-5-11/h4-7,10,13-14H,8-9H2,1-3H3/t10?,13-,14?/m0/s1. The van der Waals surface area contributed by atoms with Crippen molar-refractivity contribution in [1.82, 2.24) is 4.90 Å². The maximum Gasteiger partial charge on any atom is 0.123 e. The predicted molar refractivity (Wildman–Crippen MR) is 65.0 cm³/mol. The van der Waals surface area contributed by atoms with Gasteiger partial charge in [0.05, 0.1) is 0 Å². The molecule has 0 spiro atoms. The van der Waals surface area contributed by atoms with E-state index in [1.165, 1.54) is 18.4 Å². The van der Waals surface area contributed by atoms with Crippen LogP contribution < -0.4 is 0 Å². The van der Waals surface area contributed by atoms with Crippen molar-refractivity contribution in [1.29, 1.82) is 0 Å². The minimum absolute atomic E-state index is 0.140. The molecule has 1 aliphatic carbocycles. The van der Waals surface area contributed by atoms with Crippen molar-refractivity contribution in [3.05, 3.63) is 35.6 Å². The lowest BCUT2D eigenvalue weighted by molar-refractivity contribution is 0.292. The van der Waals surface area contributed by atoms with Crippen LogP contribution in [0.4, 0.5) is 4.39 Å². The van der Waals surface area contributed by atoms with E-state index in [2.05, 4.69) is 25.9 Å². The van der Waals surface area contributed by atoms with Crippen molar-refractivity contribution in [2.75, 3.05) is 14.1 Å². The van der Waals surface area contributed by atoms with Gasteiger partial charge in [0.25, 0.3) is 0 Å². The summed E-state index contributed by atoms with van der Waals surface area (Å²) >= 11 is 0. The van der Waals surface area contributed by atoms with Crippen LogP contribution in [0.1, 0.15) is 31.2 Å². The van der Waals surface area contributed by atoms with E-state index >= 15 is 0 Å². The lowest BCUT2D eigenvalue weighted by Crippen LogP contribution is -2.24. The fraction of sp³-hybridized carbons (Fsp3) is 0.571. The number of hydrogen-bond acceptors (Lipinski definition) is 1. The molecule has 1 aromatic carbocycles. The van der Waals surface area contributed by atoms with Crippen molar-refractivity contribution < 1.29 is 4.39 Å². The fourth-order valence-electron chi connectivity index (χ4n) is 2.81. The monoisotopic (exact) mass is 221 g/mol. The van der Waals surface area contributed by atoms with Crippen molar-refractivity contribution >= 4 is 0 Å². The Morgan fingerprint density at radius 3 is 2.25 bits per heavy atom. The van der Waals surface area contributed by atoms with Gasteiger partial charge in [0.15, 0.2) is 0 Å². The Morgan fingerprint density at radius 1 is 1.12 bits per heavy atom. The number of nitrogens with zero attached hydrogens (tertiary/aromatic N) is 1. The molecule has 2 heteroatoms. The van der Waals surface area contributed by atoms with Gasteiger partial charge in [-0.05, 0) is 56.5 Å². The smallest absolute Gasteiger partial charge is 0.123 e. The molecule has 0 amide bonds. The van der Waals surface area contributed by atoms with Crippen molar-refractivity contribution in [2.24, 2.45) is 5.92 Å². The summed E-state index contributed by atoms with van der Waals surface area (Å²) in [7, 11) is 4.29. The van der Waals surface area contributed by atoms with E-state index in [1.807, 2.05) is 12.1 Å². The Morgan fingerprint density at radius 2 is 1.75 bits per heavy atom. The van der Waals surface area contributed by atoms with Gasteiger partial charge in [-0.15, -0.1) is 0 Å². The Bertz CT molecular complexity index is 344. The first-order valence-corrected chi connectivity index (χ1v) is 6.00. The minimum atomic E-state index is -0.140. The molecule has 3 atom stereocenters. The average Bonchev–Trinajstić information content (AvgIpc) is 2.62. The number of benzene rings is 1. The van der Waals surface area contributed by atoms with Gasteiger partial charge < -0.3 is 4.90 Å². The summed E-state index contributed by atoms with van der Waals surface area (Å²) in [5.74, 6) is 1.14. The van der Waals surface area contributed by atoms with E-state index in [0.717, 1.165) is 0 Å². The van der Waals surface area contributed by atoms with Gasteiger partial charge in [-0.3, -0.25) is 0 Å². The SMILES string of the molecule is CC1C[C@H](N(C)C)CC1c1ccc(F)cc1. The summed E-state index contributed by atoms with van der Waals surface area (Å²) < 4.78 is 12.9. The lowest BCUT2D eigenvalue weighted by Gasteiger charge is -2.19. The summed E-state index contributed by atoms with van der Waals surface area (Å²) in [6, 6.07) is 7.70. The van der Waals surface area contributed by atoms with E-state index < -0.39 is 0 Å². The van der Waals surface area contributed by atoms with Gasteiger partial charge in [-0.2, -0.15) is 0 Å². The molecule has 0 bridgehead atoms. The highest BCUT2D eigenvalue weighted by atomic mass is 19.1. The highest BCUT2D eigenvalue weighted by Crippen LogP contribution is 2.40. The van der Waals surface area contributed by atoms with Gasteiger partial charge in [-0.25, -0.2) is 4.39 Å². The van der Waals surface area contributed by atoms with Crippen LogP contribution in [0.5, 0.6) is 0 Å². The molecule has 88 valence electrons. The molecule has 1 aromatic rings. The first-order chi connectivity index (χ1) is 7.58. The summed E-state index contributed by atoms with van der Waals surface area (Å²) in [5.41, 5.74) is 1.29. The molecule has 0 aromatic heterocycles. The van der Waals surface area contributed by atoms with Crippen LogP contribution >= 0.6 is 0 Å². The summed E-state index contributed by atoms with van der Waals surface area (Å²) in [5, 5.41) is 0. The zero-order valence-electron chi connectivity index (χ0n) is 10.3. The highest BCUT2D eigenvalue weighted by molar-refractivity contribution is 5.22. The van der Waals surface area contributed by atoms with Crippen LogP contribution in [0.2, 0.25) is 0 Å². The second kappa shape index (κ2) is 4.54. The Hall–Kier alpha value is -0.890. The molecule has 2 unspecified atom stereocenters. The molecule has 0 N–H and O–H groups in total. The first kappa shape index (κ1) is 11.6. The molecule has 1 nitrogen and oxygen atoms in total. The van der Waals surface area contributed by atoms with E-state index in [0.29, 0.717) is 17.9 Å². The van der Waals surface area contributed by atoms with Crippen molar-refractivity contribution in [3.8, 4) is 0 Å². The number of halogens is 1. The summed E-state index contributed by atoms with van der Waals surface area (Å²) in [4.78, 5) is 2.31. The van der Waals surface area contributed by atoms with Gasteiger partial charge >= 0.3 is 0 Å². The molecule has 16 heavy (non-hydrogen) atoms. The van der Waals surface area contributed by atoms with Crippen LogP contribution in [0.3, 0.4) is 0 Å². The maximum absolute atomic E-state index is 12.9. The molecule has 0 radical (unpaired) electrons. The van der Waals surface area contributed by atoms with Gasteiger partial charge in [0, 0.05) is 6.04 Å². The molecule has 2 rings (SSSR count). The van der Waals surface area contributed by atoms with Gasteiger partial charge in [0.1, 0.15) is 5.82 Å². The fourth-order valence-corrected chi connectivity index (χ4v) is 2.81. The van der Waals surface area contributed by atoms with Crippen LogP contribution in [0, 0.1) is 11.7 Å². The predicted octanol–water partition coefficient (Wildman–Crippen LogP) is 3.27. The third kappa shape index (κ3) is 2.27. The molecule has 1 aliphatic rings. The molecule has 1 fully saturated rings. The van der Waals surface area contributed by atoms with Crippen LogP contribution in [0.25, 0.3) is 0 Å². The zero-order chi connectivity index (χ0) is 11.7. The molecule has 1 saturated carbocycles. The zero-order valence-corrected chi connectivity index (χ0v) is 10.3. The quantitative estimate of drug-likeness (QED) is 0.741. The van der Waals surface area contributed by atoms with E-state index in [1.54, 1.807) is 12.1 Å². The Labute approximate surface area is 97.3 Å². The van der Waals surface area contributed by atoms with Crippen LogP contribution in [-0.4, -0.2) is 25.0 Å². The largest absolute Gasteiger partial charge is 0.306 e. The summed E-state index contributed by atoms with van der Waals surface area (Å²) in [6.07, 6.45) is 2.44.